The van der Waals surface area contributed by atoms with Crippen molar-refractivity contribution in [1.29, 1.82) is 0 Å². The summed E-state index contributed by atoms with van der Waals surface area (Å²) in [6.45, 7) is 11.9. The van der Waals surface area contributed by atoms with Crippen LogP contribution in [0.2, 0.25) is 0 Å². The van der Waals surface area contributed by atoms with Crippen molar-refractivity contribution in [2.24, 2.45) is 5.92 Å². The molecule has 148 valence electrons. The van der Waals surface area contributed by atoms with Crippen molar-refractivity contribution in [3.63, 3.8) is 0 Å². The van der Waals surface area contributed by atoms with Gasteiger partial charge in [-0.05, 0) is 32.3 Å². The summed E-state index contributed by atoms with van der Waals surface area (Å²) in [7, 11) is 0. The summed E-state index contributed by atoms with van der Waals surface area (Å²) >= 11 is 1.26. The third-order valence-electron chi connectivity index (χ3n) is 4.19. The molecular weight excluding hydrogens is 362 g/mol. The number of nitrogens with zero attached hydrogens (tertiary/aromatic N) is 2. The SMILES string of the molecule is CCCCNC(=O)c1cc(-c2csc(C(=O)OCC)n2)n(CC(C)C)c1C. The summed E-state index contributed by atoms with van der Waals surface area (Å²) in [5.41, 5.74) is 3.12. The fraction of sp³-hybridized carbons (Fsp3) is 0.550. The number of rotatable bonds is 9. The molecule has 0 aliphatic heterocycles. The molecule has 0 unspecified atom stereocenters. The lowest BCUT2D eigenvalue weighted by molar-refractivity contribution is 0.0526. The molecule has 1 N–H and O–H groups in total. The first-order valence-electron chi connectivity index (χ1n) is 9.50. The minimum atomic E-state index is -0.412. The zero-order chi connectivity index (χ0) is 20.0. The molecule has 0 atom stereocenters. The van der Waals surface area contributed by atoms with Gasteiger partial charge in [0, 0.05) is 24.2 Å². The van der Waals surface area contributed by atoms with Crippen LogP contribution < -0.4 is 5.32 Å². The van der Waals surface area contributed by atoms with Gasteiger partial charge in [0.2, 0.25) is 5.01 Å². The predicted molar refractivity (Wildman–Crippen MR) is 108 cm³/mol. The van der Waals surface area contributed by atoms with Crippen molar-refractivity contribution in [1.82, 2.24) is 14.9 Å². The molecule has 0 saturated heterocycles. The Labute approximate surface area is 164 Å². The van der Waals surface area contributed by atoms with E-state index in [9.17, 15) is 9.59 Å². The highest BCUT2D eigenvalue weighted by atomic mass is 32.1. The Morgan fingerprint density at radius 1 is 1.33 bits per heavy atom. The molecule has 1 amide bonds. The highest BCUT2D eigenvalue weighted by molar-refractivity contribution is 7.11. The number of hydrogen-bond donors (Lipinski definition) is 1. The van der Waals surface area contributed by atoms with E-state index in [0.29, 0.717) is 35.3 Å². The molecule has 0 aliphatic rings. The number of amides is 1. The molecular formula is C20H29N3O3S. The number of hydrogen-bond acceptors (Lipinski definition) is 5. The average molecular weight is 392 g/mol. The van der Waals surface area contributed by atoms with E-state index in [1.54, 1.807) is 6.92 Å². The van der Waals surface area contributed by atoms with Crippen molar-refractivity contribution in [2.75, 3.05) is 13.2 Å². The largest absolute Gasteiger partial charge is 0.461 e. The molecule has 7 heteroatoms. The fourth-order valence-electron chi connectivity index (χ4n) is 2.84. The molecule has 0 fully saturated rings. The van der Waals surface area contributed by atoms with E-state index in [4.69, 9.17) is 4.74 Å². The molecule has 0 aromatic carbocycles. The van der Waals surface area contributed by atoms with Gasteiger partial charge in [-0.15, -0.1) is 11.3 Å². The molecule has 0 saturated carbocycles. The first-order chi connectivity index (χ1) is 12.9. The molecule has 0 aliphatic carbocycles. The lowest BCUT2D eigenvalue weighted by atomic mass is 10.2. The fourth-order valence-corrected chi connectivity index (χ4v) is 3.54. The normalized spacial score (nSPS) is 11.0. The standard InChI is InChI=1S/C20H29N3O3S/c1-6-8-9-21-18(24)15-10-17(23(14(15)5)11-13(3)4)16-12-27-19(22-16)20(25)26-7-2/h10,12-13H,6-9,11H2,1-5H3,(H,21,24). The van der Waals surface area contributed by atoms with Crippen LogP contribution >= 0.6 is 11.3 Å². The maximum Gasteiger partial charge on any atom is 0.367 e. The Balaban J connectivity index is 2.38. The first-order valence-corrected chi connectivity index (χ1v) is 10.4. The second-order valence-corrected chi connectivity index (χ2v) is 7.76. The molecule has 0 radical (unpaired) electrons. The Bertz CT molecular complexity index is 792. The average Bonchev–Trinajstić information content (AvgIpc) is 3.21. The lowest BCUT2D eigenvalue weighted by Gasteiger charge is -2.13. The number of unbranched alkanes of at least 4 members (excludes halogenated alkanes) is 1. The third kappa shape index (κ3) is 5.19. The number of carbonyl (C=O) groups excluding carboxylic acids is 2. The number of aromatic nitrogens is 2. The van der Waals surface area contributed by atoms with Gasteiger partial charge in [0.25, 0.3) is 5.91 Å². The monoisotopic (exact) mass is 391 g/mol. The summed E-state index contributed by atoms with van der Waals surface area (Å²) in [5.74, 6) is -0.0652. The summed E-state index contributed by atoms with van der Waals surface area (Å²) in [6.07, 6.45) is 1.99. The van der Waals surface area contributed by atoms with Crippen molar-refractivity contribution in [3.8, 4) is 11.4 Å². The number of nitrogens with one attached hydrogen (secondary N) is 1. The Morgan fingerprint density at radius 2 is 2.07 bits per heavy atom. The Hall–Kier alpha value is -2.15. The van der Waals surface area contributed by atoms with Gasteiger partial charge in [-0.2, -0.15) is 0 Å². The highest BCUT2D eigenvalue weighted by Crippen LogP contribution is 2.28. The molecule has 2 rings (SSSR count). The van der Waals surface area contributed by atoms with Crippen molar-refractivity contribution in [3.05, 3.63) is 27.7 Å². The van der Waals surface area contributed by atoms with Gasteiger partial charge in [0.1, 0.15) is 0 Å². The van der Waals surface area contributed by atoms with Gasteiger partial charge in [0.15, 0.2) is 0 Å². The second-order valence-electron chi connectivity index (χ2n) is 6.90. The highest BCUT2D eigenvalue weighted by Gasteiger charge is 2.21. The first kappa shape index (κ1) is 21.2. The Morgan fingerprint density at radius 3 is 2.70 bits per heavy atom. The van der Waals surface area contributed by atoms with E-state index in [1.807, 2.05) is 18.4 Å². The second kappa shape index (κ2) is 9.69. The third-order valence-corrected chi connectivity index (χ3v) is 5.01. The van der Waals surface area contributed by atoms with Crippen LogP contribution in [0.25, 0.3) is 11.4 Å². The smallest absolute Gasteiger partial charge is 0.367 e. The van der Waals surface area contributed by atoms with Crippen molar-refractivity contribution < 1.29 is 14.3 Å². The maximum absolute atomic E-state index is 12.6. The topological polar surface area (TPSA) is 73.2 Å². The van der Waals surface area contributed by atoms with E-state index in [1.165, 1.54) is 11.3 Å². The predicted octanol–water partition coefficient (Wildman–Crippen LogP) is 4.28. The minimum absolute atomic E-state index is 0.0643. The van der Waals surface area contributed by atoms with E-state index in [2.05, 4.69) is 35.6 Å². The number of ether oxygens (including phenoxy) is 1. The van der Waals surface area contributed by atoms with Gasteiger partial charge in [-0.25, -0.2) is 9.78 Å². The van der Waals surface area contributed by atoms with Gasteiger partial charge in [0.05, 0.1) is 23.6 Å². The summed E-state index contributed by atoms with van der Waals surface area (Å²) in [5, 5.41) is 5.16. The molecule has 0 bridgehead atoms. The zero-order valence-corrected chi connectivity index (χ0v) is 17.6. The lowest BCUT2D eigenvalue weighted by Crippen LogP contribution is -2.24. The molecule has 2 aromatic heterocycles. The van der Waals surface area contributed by atoms with E-state index in [0.717, 1.165) is 30.8 Å². The number of esters is 1. The van der Waals surface area contributed by atoms with Crippen LogP contribution in [-0.4, -0.2) is 34.6 Å². The van der Waals surface area contributed by atoms with Gasteiger partial charge in [-0.3, -0.25) is 4.79 Å². The van der Waals surface area contributed by atoms with Crippen molar-refractivity contribution >= 4 is 23.2 Å². The molecule has 2 heterocycles. The van der Waals surface area contributed by atoms with Gasteiger partial charge >= 0.3 is 5.97 Å². The summed E-state index contributed by atoms with van der Waals surface area (Å²) in [6, 6.07) is 1.88. The van der Waals surface area contributed by atoms with Crippen LogP contribution in [0.4, 0.5) is 0 Å². The Kier molecular flexibility index (Phi) is 7.59. The molecule has 6 nitrogen and oxygen atoms in total. The van der Waals surface area contributed by atoms with E-state index in [-0.39, 0.29) is 5.91 Å². The van der Waals surface area contributed by atoms with Crippen LogP contribution in [0.3, 0.4) is 0 Å². The van der Waals surface area contributed by atoms with Gasteiger partial charge < -0.3 is 14.6 Å². The molecule has 0 spiro atoms. The van der Waals surface area contributed by atoms with Gasteiger partial charge in [-0.1, -0.05) is 27.2 Å². The van der Waals surface area contributed by atoms with Crippen LogP contribution in [0.1, 0.15) is 66.4 Å². The van der Waals surface area contributed by atoms with E-state index < -0.39 is 5.97 Å². The number of thiazole rings is 1. The van der Waals surface area contributed by atoms with Crippen LogP contribution in [-0.2, 0) is 11.3 Å². The molecule has 27 heavy (non-hydrogen) atoms. The zero-order valence-electron chi connectivity index (χ0n) is 16.8. The molecule has 2 aromatic rings. The minimum Gasteiger partial charge on any atom is -0.461 e. The van der Waals surface area contributed by atoms with Crippen molar-refractivity contribution in [2.45, 2.75) is 54.0 Å². The van der Waals surface area contributed by atoms with Crippen LogP contribution in [0, 0.1) is 12.8 Å². The van der Waals surface area contributed by atoms with Crippen LogP contribution in [0.15, 0.2) is 11.4 Å². The quantitative estimate of drug-likeness (QED) is 0.511. The maximum atomic E-state index is 12.6. The summed E-state index contributed by atoms with van der Waals surface area (Å²) in [4.78, 5) is 29.0. The summed E-state index contributed by atoms with van der Waals surface area (Å²) < 4.78 is 7.15. The number of carbonyl (C=O) groups is 2. The van der Waals surface area contributed by atoms with Crippen LogP contribution in [0.5, 0.6) is 0 Å². The van der Waals surface area contributed by atoms with E-state index >= 15 is 0 Å².